The second kappa shape index (κ2) is 4.44. The van der Waals surface area contributed by atoms with E-state index in [1.165, 1.54) is 0 Å². The molecule has 2 heterocycles. The van der Waals surface area contributed by atoms with Gasteiger partial charge in [0.05, 0.1) is 24.2 Å². The van der Waals surface area contributed by atoms with E-state index >= 15 is 0 Å². The number of allylic oxidation sites excluding steroid dienone is 1. The van der Waals surface area contributed by atoms with E-state index in [9.17, 15) is 0 Å². The molecule has 2 unspecified atom stereocenters. The van der Waals surface area contributed by atoms with E-state index in [1.807, 2.05) is 12.3 Å². The van der Waals surface area contributed by atoms with Crippen molar-refractivity contribution in [2.24, 2.45) is 5.73 Å². The van der Waals surface area contributed by atoms with Crippen molar-refractivity contribution < 1.29 is 4.74 Å². The zero-order chi connectivity index (χ0) is 11.8. The van der Waals surface area contributed by atoms with Crippen molar-refractivity contribution in [1.82, 2.24) is 4.98 Å². The van der Waals surface area contributed by atoms with E-state index in [-0.39, 0.29) is 5.92 Å². The van der Waals surface area contributed by atoms with Gasteiger partial charge >= 0.3 is 0 Å². The van der Waals surface area contributed by atoms with Gasteiger partial charge in [-0.05, 0) is 24.0 Å². The van der Waals surface area contributed by atoms with Crippen LogP contribution >= 0.6 is 35.3 Å². The van der Waals surface area contributed by atoms with Crippen molar-refractivity contribution in [3.63, 3.8) is 0 Å². The fraction of sp³-hybridized carbons (Fsp3) is 0.400. The maximum absolute atomic E-state index is 6.35. The second-order valence-corrected chi connectivity index (χ2v) is 6.17. The van der Waals surface area contributed by atoms with Crippen molar-refractivity contribution in [1.29, 1.82) is 0 Å². The van der Waals surface area contributed by atoms with Crippen molar-refractivity contribution in [2.75, 3.05) is 7.11 Å². The van der Waals surface area contributed by atoms with Crippen LogP contribution in [0.2, 0.25) is 0 Å². The van der Waals surface area contributed by atoms with Crippen LogP contribution in [0.1, 0.15) is 18.5 Å². The van der Waals surface area contributed by atoms with Crippen molar-refractivity contribution in [3.8, 4) is 0 Å². The Morgan fingerprint density at radius 1 is 1.69 bits per heavy atom. The number of thioether (sulfide) groups is 1. The molecule has 2 rings (SSSR count). The summed E-state index contributed by atoms with van der Waals surface area (Å²) in [5, 5.41) is 2.42. The van der Waals surface area contributed by atoms with E-state index < -0.39 is 4.87 Å². The molecule has 86 valence electrons. The first-order valence-electron chi connectivity index (χ1n) is 4.70. The highest BCUT2D eigenvalue weighted by atomic mass is 32.2. The van der Waals surface area contributed by atoms with Crippen molar-refractivity contribution >= 4 is 40.4 Å². The van der Waals surface area contributed by atoms with Crippen LogP contribution in [-0.4, -0.2) is 22.0 Å². The highest BCUT2D eigenvalue weighted by Gasteiger charge is 2.46. The molecule has 1 aliphatic heterocycles. The maximum Gasteiger partial charge on any atom is 0.191 e. The predicted octanol–water partition coefficient (Wildman–Crippen LogP) is 2.51. The van der Waals surface area contributed by atoms with E-state index in [0.717, 1.165) is 10.6 Å². The molecular weight excluding hydrogens is 260 g/mol. The van der Waals surface area contributed by atoms with E-state index in [4.69, 9.17) is 22.7 Å². The normalized spacial score (nSPS) is 28.9. The smallest absolute Gasteiger partial charge is 0.191 e. The molecule has 6 heteroatoms. The van der Waals surface area contributed by atoms with E-state index in [0.29, 0.717) is 5.05 Å². The average Bonchev–Trinajstić information content (AvgIpc) is 2.85. The van der Waals surface area contributed by atoms with Crippen LogP contribution in [0.4, 0.5) is 0 Å². The third-order valence-corrected chi connectivity index (χ3v) is 4.94. The lowest BCUT2D eigenvalue weighted by molar-refractivity contribution is 0.382. The molecule has 0 radical (unpaired) electrons. The topological polar surface area (TPSA) is 48.1 Å². The zero-order valence-corrected chi connectivity index (χ0v) is 11.4. The molecule has 0 amide bonds. The number of aromatic nitrogens is 1. The Morgan fingerprint density at radius 2 is 2.44 bits per heavy atom. The molecule has 2 atom stereocenters. The molecule has 0 aromatic carbocycles. The number of methoxy groups -OCH3 is 1. The number of nitrogens with zero attached hydrogens (tertiary/aromatic N) is 1. The Kier molecular flexibility index (Phi) is 3.34. The lowest BCUT2D eigenvalue weighted by atomic mass is 9.97. The molecule has 0 saturated carbocycles. The SMILES string of the molecule is COC(=S)C1(N)SC(C)=CC1c1cscn1. The molecular formula is C10H12N2OS3. The van der Waals surface area contributed by atoms with Crippen LogP contribution < -0.4 is 5.73 Å². The van der Waals surface area contributed by atoms with Crippen LogP contribution in [0.15, 0.2) is 21.9 Å². The van der Waals surface area contributed by atoms with Gasteiger partial charge in [-0.3, -0.25) is 0 Å². The molecule has 0 spiro atoms. The van der Waals surface area contributed by atoms with Gasteiger partial charge in [0.2, 0.25) is 0 Å². The van der Waals surface area contributed by atoms with E-state index in [1.54, 1.807) is 35.7 Å². The van der Waals surface area contributed by atoms with Gasteiger partial charge in [0.25, 0.3) is 0 Å². The van der Waals surface area contributed by atoms with Gasteiger partial charge in [0, 0.05) is 5.38 Å². The summed E-state index contributed by atoms with van der Waals surface area (Å²) in [6.45, 7) is 2.02. The quantitative estimate of drug-likeness (QED) is 0.838. The highest BCUT2D eigenvalue weighted by Crippen LogP contribution is 2.48. The summed E-state index contributed by atoms with van der Waals surface area (Å²) in [7, 11) is 1.56. The first-order valence-corrected chi connectivity index (χ1v) is 6.87. The van der Waals surface area contributed by atoms with E-state index in [2.05, 4.69) is 11.1 Å². The summed E-state index contributed by atoms with van der Waals surface area (Å²) in [4.78, 5) is 4.76. The summed E-state index contributed by atoms with van der Waals surface area (Å²) in [5.74, 6) is -0.00352. The van der Waals surface area contributed by atoms with Crippen LogP contribution in [-0.2, 0) is 4.74 Å². The van der Waals surface area contributed by atoms with Gasteiger partial charge in [-0.25, -0.2) is 4.98 Å². The fourth-order valence-electron chi connectivity index (χ4n) is 1.73. The minimum absolute atomic E-state index is 0.00352. The first kappa shape index (κ1) is 12.0. The number of rotatable bonds is 2. The average molecular weight is 272 g/mol. The van der Waals surface area contributed by atoms with Crippen LogP contribution in [0.5, 0.6) is 0 Å². The Labute approximate surface area is 108 Å². The highest BCUT2D eigenvalue weighted by molar-refractivity contribution is 8.06. The Hall–Kier alpha value is -0.430. The molecule has 2 N–H and O–H groups in total. The summed E-state index contributed by atoms with van der Waals surface area (Å²) >= 11 is 8.31. The minimum atomic E-state index is -0.706. The molecule has 0 bridgehead atoms. The molecule has 3 nitrogen and oxygen atoms in total. The maximum atomic E-state index is 6.35. The van der Waals surface area contributed by atoms with Gasteiger partial charge < -0.3 is 10.5 Å². The second-order valence-electron chi connectivity index (χ2n) is 3.56. The number of thiazole rings is 1. The summed E-state index contributed by atoms with van der Waals surface area (Å²) in [6.07, 6.45) is 2.10. The lowest BCUT2D eigenvalue weighted by Gasteiger charge is -2.28. The molecule has 0 fully saturated rings. The lowest BCUT2D eigenvalue weighted by Crippen LogP contribution is -2.47. The standard InChI is InChI=1S/C10H12N2OS3/c1-6-3-7(8-4-15-5-12-8)10(11,16-6)9(14)13-2/h3-5,7H,11H2,1-2H3. The first-order chi connectivity index (χ1) is 7.58. The number of hydrogen-bond donors (Lipinski definition) is 1. The fourth-order valence-corrected chi connectivity index (χ4v) is 3.79. The van der Waals surface area contributed by atoms with Crippen molar-refractivity contribution in [2.45, 2.75) is 17.7 Å². The third kappa shape index (κ3) is 1.90. The molecule has 0 saturated heterocycles. The predicted molar refractivity (Wildman–Crippen MR) is 72.7 cm³/mol. The van der Waals surface area contributed by atoms with Crippen LogP contribution in [0.3, 0.4) is 0 Å². The van der Waals surface area contributed by atoms with Crippen LogP contribution in [0, 0.1) is 0 Å². The summed E-state index contributed by atoms with van der Waals surface area (Å²) in [6, 6.07) is 0. The minimum Gasteiger partial charge on any atom is -0.488 e. The summed E-state index contributed by atoms with van der Waals surface area (Å²) in [5.41, 5.74) is 9.11. The largest absolute Gasteiger partial charge is 0.488 e. The Bertz CT molecular complexity index is 429. The van der Waals surface area contributed by atoms with Gasteiger partial charge in [-0.2, -0.15) is 0 Å². The Balaban J connectivity index is 2.38. The number of nitrogens with two attached hydrogens (primary N) is 1. The van der Waals surface area contributed by atoms with Crippen molar-refractivity contribution in [3.05, 3.63) is 27.6 Å². The van der Waals surface area contributed by atoms with Gasteiger partial charge in [-0.15, -0.1) is 11.3 Å². The molecule has 1 aromatic heterocycles. The third-order valence-electron chi connectivity index (χ3n) is 2.47. The van der Waals surface area contributed by atoms with Crippen LogP contribution in [0.25, 0.3) is 0 Å². The molecule has 1 aromatic rings. The monoisotopic (exact) mass is 272 g/mol. The summed E-state index contributed by atoms with van der Waals surface area (Å²) < 4.78 is 5.14. The molecule has 16 heavy (non-hydrogen) atoms. The number of hydrogen-bond acceptors (Lipinski definition) is 6. The van der Waals surface area contributed by atoms with Gasteiger partial charge in [-0.1, -0.05) is 17.8 Å². The van der Waals surface area contributed by atoms with Gasteiger partial charge in [0.1, 0.15) is 4.87 Å². The number of thiocarbonyl (C=S) groups is 1. The number of ether oxygens (including phenoxy) is 1. The zero-order valence-electron chi connectivity index (χ0n) is 8.97. The molecule has 0 aliphatic carbocycles. The van der Waals surface area contributed by atoms with Gasteiger partial charge in [0.15, 0.2) is 5.05 Å². The Morgan fingerprint density at radius 3 is 3.00 bits per heavy atom. The molecule has 1 aliphatic rings.